The van der Waals surface area contributed by atoms with Crippen molar-refractivity contribution in [1.82, 2.24) is 0 Å². The number of hydrogen-bond donors (Lipinski definition) is 6. The van der Waals surface area contributed by atoms with Gasteiger partial charge in [0, 0.05) is 5.56 Å². The molecule has 7 rings (SSSR count). The molecule has 0 heterocycles. The molecule has 1 unspecified atom stereocenters. The fourth-order valence-corrected chi connectivity index (χ4v) is 7.16. The zero-order chi connectivity index (χ0) is 53.9. The molecule has 0 amide bonds. The number of carbonyl (C=O) groups excluding carboxylic acids is 1. The first-order chi connectivity index (χ1) is 34.6. The molecule has 0 fully saturated rings. The molecule has 10 N–H and O–H groups in total. The highest BCUT2D eigenvalue weighted by Gasteiger charge is 2.32. The zero-order valence-corrected chi connectivity index (χ0v) is 42.2. The number of aliphatic hydroxyl groups is 1. The molecule has 0 saturated carbocycles. The van der Waals surface area contributed by atoms with Crippen LogP contribution in [0.4, 0.5) is 13.2 Å². The highest BCUT2D eigenvalue weighted by Crippen LogP contribution is 2.30. The molecule has 1 atom stereocenters. The molecule has 7 aromatic rings. The Morgan fingerprint density at radius 2 is 1.01 bits per heavy atom. The number of carboxylic acids is 2. The standard InChI is InChI=1S/C28H29FO3.C23H19FO.C6H5BFO.C3H8N2O2.H2O/c1-19-10-11-21(14-15-28(3,18-30)27(31)32)16-23(19)13-12-22-6-5-9-26(20(22)2)24-7-4-8-25(29)17-24;1-16-9-10-18(15-25)13-20(16)12-11-19-5-4-8-23(17(19)2)21-6-3-7-22(24)14-21;8-6-3-1-2-5(4-6)7-9;1-3(4,5)2(6)7;/h4-13,16-17,30H,14-15,18H2,1-3H3,(H,31,32);3-15H,1-2H3;1-4,9H;4-5H2,1H3,(H,6,7);1H2/b13-12+;12-11+;;;. The van der Waals surface area contributed by atoms with Gasteiger partial charge in [-0.15, -0.1) is 0 Å². The molecule has 7 aromatic carbocycles. The van der Waals surface area contributed by atoms with E-state index in [1.165, 1.54) is 37.3 Å². The van der Waals surface area contributed by atoms with Gasteiger partial charge in [-0.1, -0.05) is 133 Å². The molecule has 0 saturated heterocycles. The summed E-state index contributed by atoms with van der Waals surface area (Å²) in [4.78, 5) is 32.2. The van der Waals surface area contributed by atoms with Gasteiger partial charge >= 0.3 is 19.4 Å². The summed E-state index contributed by atoms with van der Waals surface area (Å²) in [6.45, 7) is 10.5. The van der Waals surface area contributed by atoms with Gasteiger partial charge in [-0.3, -0.25) is 9.59 Å². The maximum atomic E-state index is 13.7. The van der Waals surface area contributed by atoms with Crippen LogP contribution in [0.15, 0.2) is 146 Å². The third-order valence-corrected chi connectivity index (χ3v) is 12.0. The van der Waals surface area contributed by atoms with E-state index in [9.17, 15) is 37.8 Å². The van der Waals surface area contributed by atoms with Crippen LogP contribution in [0.1, 0.15) is 80.7 Å². The van der Waals surface area contributed by atoms with Crippen molar-refractivity contribution in [3.8, 4) is 22.3 Å². The minimum atomic E-state index is -1.58. The van der Waals surface area contributed by atoms with Gasteiger partial charge in [0.25, 0.3) is 0 Å². The van der Waals surface area contributed by atoms with E-state index >= 15 is 0 Å². The predicted molar refractivity (Wildman–Crippen MR) is 292 cm³/mol. The summed E-state index contributed by atoms with van der Waals surface area (Å²) in [6, 6.07) is 42.7. The Bertz CT molecular complexity index is 3080. The van der Waals surface area contributed by atoms with Crippen LogP contribution >= 0.6 is 0 Å². The number of rotatable bonds is 14. The Hall–Kier alpha value is -7.72. The maximum absolute atomic E-state index is 13.7. The lowest BCUT2D eigenvalue weighted by molar-refractivity contribution is -0.150. The van der Waals surface area contributed by atoms with Gasteiger partial charge in [-0.25, -0.2) is 18.0 Å². The van der Waals surface area contributed by atoms with E-state index in [4.69, 9.17) is 21.6 Å². The number of aliphatic hydroxyl groups excluding tert-OH is 1. The molecule has 14 heteroatoms. The van der Waals surface area contributed by atoms with Crippen LogP contribution in [0.25, 0.3) is 46.6 Å². The normalized spacial score (nSPS) is 11.6. The zero-order valence-electron chi connectivity index (χ0n) is 42.2. The number of carbonyl (C=O) groups is 3. The summed E-state index contributed by atoms with van der Waals surface area (Å²) in [7, 11) is 0.864. The lowest BCUT2D eigenvalue weighted by Crippen LogP contribution is -2.53. The molecule has 0 bridgehead atoms. The molecule has 74 heavy (non-hydrogen) atoms. The molecular weight excluding hydrogens is 944 g/mol. The second-order valence-electron chi connectivity index (χ2n) is 17.9. The van der Waals surface area contributed by atoms with Crippen LogP contribution in [0.5, 0.6) is 0 Å². The fraction of sp³-hybridized carbons (Fsp3) is 0.183. The quantitative estimate of drug-likeness (QED) is 0.0264. The number of nitrogens with two attached hydrogens (primary N) is 2. The van der Waals surface area contributed by atoms with Crippen LogP contribution in [0.2, 0.25) is 0 Å². The summed E-state index contributed by atoms with van der Waals surface area (Å²) in [5.74, 6) is -3.01. The highest BCUT2D eigenvalue weighted by atomic mass is 19.1. The number of aldehydes is 1. The van der Waals surface area contributed by atoms with Gasteiger partial charge in [-0.05, 0) is 169 Å². The predicted octanol–water partition coefficient (Wildman–Crippen LogP) is 10.3. The van der Waals surface area contributed by atoms with Crippen LogP contribution in [-0.2, 0) is 16.0 Å². The van der Waals surface area contributed by atoms with Gasteiger partial charge in [0.2, 0.25) is 0 Å². The molecule has 0 aromatic heterocycles. The number of benzene rings is 7. The van der Waals surface area contributed by atoms with Gasteiger partial charge in [-0.2, -0.15) is 0 Å². The topological polar surface area (TPSA) is 216 Å². The van der Waals surface area contributed by atoms with Crippen LogP contribution < -0.4 is 16.9 Å². The fourth-order valence-electron chi connectivity index (χ4n) is 7.16. The SMILES string of the molecule is CC(N)(N)C(=O)O.Cc1ccc(C=O)cc1/C=C/c1cccc(-c2cccc(F)c2)c1C.Cc1ccc(CCC(C)(CO)C(=O)O)cc1/C=C/c1cccc(-c2cccc(F)c2)c1C.O.O[B]c1cccc(F)c1. The second-order valence-corrected chi connectivity index (χ2v) is 17.9. The van der Waals surface area contributed by atoms with Crippen molar-refractivity contribution in [3.05, 3.63) is 219 Å². The minimum absolute atomic E-state index is 0. The van der Waals surface area contributed by atoms with Crippen LogP contribution in [0.3, 0.4) is 0 Å². The second kappa shape index (κ2) is 28.5. The van der Waals surface area contributed by atoms with E-state index in [1.807, 2.05) is 119 Å². The third-order valence-electron chi connectivity index (χ3n) is 12.0. The monoisotopic (exact) mass is 1010 g/mol. The highest BCUT2D eigenvalue weighted by molar-refractivity contribution is 6.45. The van der Waals surface area contributed by atoms with E-state index in [-0.39, 0.29) is 29.5 Å². The Labute approximate surface area is 431 Å². The number of aliphatic carboxylic acids is 2. The molecule has 0 spiro atoms. The van der Waals surface area contributed by atoms with Crippen LogP contribution in [-0.4, -0.2) is 63.8 Å². The molecule has 10 nitrogen and oxygen atoms in total. The van der Waals surface area contributed by atoms with Crippen molar-refractivity contribution in [2.45, 2.75) is 60.0 Å². The Kier molecular flexibility index (Phi) is 23.3. The van der Waals surface area contributed by atoms with Gasteiger partial charge < -0.3 is 37.3 Å². The third kappa shape index (κ3) is 18.1. The number of aryl methyl sites for hydroxylation is 3. The van der Waals surface area contributed by atoms with Crippen molar-refractivity contribution >= 4 is 55.5 Å². The summed E-state index contributed by atoms with van der Waals surface area (Å²) >= 11 is 0. The van der Waals surface area contributed by atoms with E-state index in [1.54, 1.807) is 37.3 Å². The van der Waals surface area contributed by atoms with Crippen LogP contribution in [0, 0.1) is 50.6 Å². The van der Waals surface area contributed by atoms with Crippen molar-refractivity contribution in [3.63, 3.8) is 0 Å². The summed E-state index contributed by atoms with van der Waals surface area (Å²) in [5, 5.41) is 35.2. The van der Waals surface area contributed by atoms with E-state index < -0.39 is 23.0 Å². The molecule has 0 aliphatic heterocycles. The summed E-state index contributed by atoms with van der Waals surface area (Å²) in [6.07, 6.45) is 9.94. The van der Waals surface area contributed by atoms with E-state index in [2.05, 4.69) is 18.2 Å². The first kappa shape index (κ1) is 60.6. The lowest BCUT2D eigenvalue weighted by atomic mass is 9.84. The summed E-state index contributed by atoms with van der Waals surface area (Å²) in [5.41, 5.74) is 21.5. The molecule has 0 aliphatic carbocycles. The molecule has 385 valence electrons. The minimum Gasteiger partial charge on any atom is -0.481 e. The van der Waals surface area contributed by atoms with Crippen molar-refractivity contribution in [1.29, 1.82) is 0 Å². The molecule has 1 radical (unpaired) electrons. The Morgan fingerprint density at radius 3 is 1.42 bits per heavy atom. The first-order valence-electron chi connectivity index (χ1n) is 23.2. The number of hydrogen-bond acceptors (Lipinski definition) is 7. The average molecular weight is 1010 g/mol. The van der Waals surface area contributed by atoms with Gasteiger partial charge in [0.15, 0.2) is 5.66 Å². The Balaban J connectivity index is 0.000000302. The first-order valence-corrected chi connectivity index (χ1v) is 23.2. The van der Waals surface area contributed by atoms with Gasteiger partial charge in [0.05, 0.1) is 12.0 Å². The number of halogens is 3. The molecule has 0 aliphatic rings. The maximum Gasteiger partial charge on any atom is 0.338 e. The lowest BCUT2D eigenvalue weighted by Gasteiger charge is -2.21. The largest absolute Gasteiger partial charge is 0.481 e. The van der Waals surface area contributed by atoms with E-state index in [0.717, 1.165) is 86.1 Å². The van der Waals surface area contributed by atoms with Crippen molar-refractivity contribution in [2.75, 3.05) is 6.61 Å². The average Bonchev–Trinajstić information content (AvgIpc) is 3.36. The van der Waals surface area contributed by atoms with Gasteiger partial charge in [0.1, 0.15) is 23.7 Å². The van der Waals surface area contributed by atoms with E-state index in [0.29, 0.717) is 23.9 Å². The molecular formula is C60H63BF3N2O8. The summed E-state index contributed by atoms with van der Waals surface area (Å²) < 4.78 is 39.4. The number of carboxylic acid groups (broad SMARTS) is 2. The van der Waals surface area contributed by atoms with Crippen molar-refractivity contribution < 1.29 is 53.4 Å². The Morgan fingerprint density at radius 1 is 0.581 bits per heavy atom. The van der Waals surface area contributed by atoms with Crippen molar-refractivity contribution in [2.24, 2.45) is 16.9 Å². The smallest absolute Gasteiger partial charge is 0.338 e.